The molecule has 1 aromatic carbocycles. The third-order valence-electron chi connectivity index (χ3n) is 2.96. The van der Waals surface area contributed by atoms with Gasteiger partial charge < -0.3 is 10.1 Å². The second kappa shape index (κ2) is 6.06. The summed E-state index contributed by atoms with van der Waals surface area (Å²) in [5, 5.41) is 3.45. The molecule has 0 heterocycles. The molecule has 1 aliphatic carbocycles. The first kappa shape index (κ1) is 12.4. The van der Waals surface area contributed by atoms with Gasteiger partial charge in [0.15, 0.2) is 0 Å². The van der Waals surface area contributed by atoms with Gasteiger partial charge in [-0.2, -0.15) is 0 Å². The van der Waals surface area contributed by atoms with Gasteiger partial charge in [0.05, 0.1) is 6.61 Å². The molecule has 1 aliphatic rings. The monoisotopic (exact) mass is 233 g/mol. The molecule has 1 N–H and O–H groups in total. The summed E-state index contributed by atoms with van der Waals surface area (Å²) in [5.41, 5.74) is 1.30. The molecule has 17 heavy (non-hydrogen) atoms. The first-order valence-corrected chi connectivity index (χ1v) is 6.66. The maximum atomic E-state index is 5.77. The van der Waals surface area contributed by atoms with Gasteiger partial charge in [0.25, 0.3) is 0 Å². The Morgan fingerprint density at radius 3 is 2.88 bits per heavy atom. The Hall–Kier alpha value is -1.02. The van der Waals surface area contributed by atoms with Crippen molar-refractivity contribution in [2.24, 2.45) is 11.8 Å². The molecular formula is C15H23NO. The van der Waals surface area contributed by atoms with E-state index in [1.165, 1.54) is 18.4 Å². The number of ether oxygens (including phenoxy) is 1. The molecular weight excluding hydrogens is 210 g/mol. The van der Waals surface area contributed by atoms with Crippen molar-refractivity contribution in [3.8, 4) is 5.75 Å². The van der Waals surface area contributed by atoms with E-state index < -0.39 is 0 Å². The number of hydrogen-bond donors (Lipinski definition) is 1. The Morgan fingerprint density at radius 1 is 1.35 bits per heavy atom. The van der Waals surface area contributed by atoms with E-state index in [0.29, 0.717) is 5.92 Å². The molecule has 0 bridgehead atoms. The van der Waals surface area contributed by atoms with Crippen molar-refractivity contribution in [2.45, 2.75) is 33.2 Å². The van der Waals surface area contributed by atoms with Crippen LogP contribution in [-0.4, -0.2) is 13.2 Å². The van der Waals surface area contributed by atoms with Gasteiger partial charge in [-0.3, -0.25) is 0 Å². The highest BCUT2D eigenvalue weighted by atomic mass is 16.5. The van der Waals surface area contributed by atoms with E-state index in [1.54, 1.807) is 0 Å². The third kappa shape index (κ3) is 4.78. The highest BCUT2D eigenvalue weighted by molar-refractivity contribution is 5.28. The van der Waals surface area contributed by atoms with E-state index in [2.05, 4.69) is 37.4 Å². The van der Waals surface area contributed by atoms with Crippen LogP contribution >= 0.6 is 0 Å². The van der Waals surface area contributed by atoms with Gasteiger partial charge in [-0.15, -0.1) is 0 Å². The van der Waals surface area contributed by atoms with Crippen molar-refractivity contribution in [1.29, 1.82) is 0 Å². The molecule has 0 radical (unpaired) electrons. The van der Waals surface area contributed by atoms with Crippen LogP contribution in [0, 0.1) is 11.8 Å². The molecule has 0 spiro atoms. The van der Waals surface area contributed by atoms with Gasteiger partial charge >= 0.3 is 0 Å². The lowest BCUT2D eigenvalue weighted by atomic mass is 10.2. The van der Waals surface area contributed by atoms with Gasteiger partial charge in [0, 0.05) is 6.54 Å². The van der Waals surface area contributed by atoms with Gasteiger partial charge in [-0.05, 0) is 48.9 Å². The highest BCUT2D eigenvalue weighted by Crippen LogP contribution is 2.29. The molecule has 0 saturated heterocycles. The quantitative estimate of drug-likeness (QED) is 0.780. The number of benzene rings is 1. The van der Waals surface area contributed by atoms with Crippen LogP contribution in [0.5, 0.6) is 5.75 Å². The number of hydrogen-bond acceptors (Lipinski definition) is 2. The summed E-state index contributed by atoms with van der Waals surface area (Å²) in [6.07, 6.45) is 2.69. The van der Waals surface area contributed by atoms with Crippen LogP contribution in [0.15, 0.2) is 24.3 Å². The smallest absolute Gasteiger partial charge is 0.119 e. The van der Waals surface area contributed by atoms with Crippen LogP contribution in [0.3, 0.4) is 0 Å². The number of nitrogens with one attached hydrogen (secondary N) is 1. The second-order valence-electron chi connectivity index (χ2n) is 5.43. The van der Waals surface area contributed by atoms with Crippen LogP contribution in [0.25, 0.3) is 0 Å². The summed E-state index contributed by atoms with van der Waals surface area (Å²) in [5.74, 6) is 2.53. The Labute approximate surface area is 104 Å². The summed E-state index contributed by atoms with van der Waals surface area (Å²) < 4.78 is 5.77. The minimum Gasteiger partial charge on any atom is -0.493 e. The summed E-state index contributed by atoms with van der Waals surface area (Å²) >= 11 is 0. The van der Waals surface area contributed by atoms with Crippen molar-refractivity contribution in [3.05, 3.63) is 29.8 Å². The van der Waals surface area contributed by atoms with Crippen molar-refractivity contribution >= 4 is 0 Å². The predicted octanol–water partition coefficient (Wildman–Crippen LogP) is 3.22. The molecule has 2 nitrogen and oxygen atoms in total. The van der Waals surface area contributed by atoms with Crippen LogP contribution in [0.4, 0.5) is 0 Å². The van der Waals surface area contributed by atoms with Crippen molar-refractivity contribution in [1.82, 2.24) is 5.32 Å². The fraction of sp³-hybridized carbons (Fsp3) is 0.600. The van der Waals surface area contributed by atoms with E-state index >= 15 is 0 Å². The zero-order valence-electron chi connectivity index (χ0n) is 10.9. The average Bonchev–Trinajstić information content (AvgIpc) is 3.10. The summed E-state index contributed by atoms with van der Waals surface area (Å²) in [6, 6.07) is 8.43. The molecule has 0 unspecified atom stereocenters. The molecule has 0 amide bonds. The molecule has 0 aliphatic heterocycles. The molecule has 94 valence electrons. The van der Waals surface area contributed by atoms with Crippen LogP contribution in [0.2, 0.25) is 0 Å². The lowest BCUT2D eigenvalue weighted by Gasteiger charge is -2.09. The largest absolute Gasteiger partial charge is 0.493 e. The van der Waals surface area contributed by atoms with E-state index in [1.807, 2.05) is 6.07 Å². The zero-order valence-corrected chi connectivity index (χ0v) is 10.9. The normalized spacial score (nSPS) is 15.2. The molecule has 0 atom stereocenters. The van der Waals surface area contributed by atoms with Crippen LogP contribution < -0.4 is 10.1 Å². The Bertz CT molecular complexity index is 345. The van der Waals surface area contributed by atoms with Crippen LogP contribution in [-0.2, 0) is 6.54 Å². The second-order valence-corrected chi connectivity index (χ2v) is 5.43. The van der Waals surface area contributed by atoms with E-state index in [-0.39, 0.29) is 0 Å². The standard InChI is InChI=1S/C15H23NO/c1-12(2)9-16-10-14-4-3-5-15(8-14)17-11-13-6-7-13/h3-5,8,12-13,16H,6-7,9-11H2,1-2H3. The van der Waals surface area contributed by atoms with Crippen molar-refractivity contribution in [3.63, 3.8) is 0 Å². The fourth-order valence-electron chi connectivity index (χ4n) is 1.75. The topological polar surface area (TPSA) is 21.3 Å². The van der Waals surface area contributed by atoms with Gasteiger partial charge in [-0.25, -0.2) is 0 Å². The van der Waals surface area contributed by atoms with Crippen molar-refractivity contribution in [2.75, 3.05) is 13.2 Å². The average molecular weight is 233 g/mol. The molecule has 1 saturated carbocycles. The molecule has 1 fully saturated rings. The summed E-state index contributed by atoms with van der Waals surface area (Å²) in [7, 11) is 0. The SMILES string of the molecule is CC(C)CNCc1cccc(OCC2CC2)c1. The first-order valence-electron chi connectivity index (χ1n) is 6.66. The van der Waals surface area contributed by atoms with Gasteiger partial charge in [0.2, 0.25) is 0 Å². The zero-order chi connectivity index (χ0) is 12.1. The van der Waals surface area contributed by atoms with E-state index in [9.17, 15) is 0 Å². The Kier molecular flexibility index (Phi) is 4.43. The number of rotatable bonds is 7. The minimum absolute atomic E-state index is 0.698. The third-order valence-corrected chi connectivity index (χ3v) is 2.96. The summed E-state index contributed by atoms with van der Waals surface area (Å²) in [6.45, 7) is 7.33. The predicted molar refractivity (Wildman–Crippen MR) is 71.2 cm³/mol. The molecule has 1 aromatic rings. The Morgan fingerprint density at radius 2 is 2.18 bits per heavy atom. The Balaban J connectivity index is 1.78. The highest BCUT2D eigenvalue weighted by Gasteiger charge is 2.21. The van der Waals surface area contributed by atoms with E-state index in [4.69, 9.17) is 4.74 Å². The minimum atomic E-state index is 0.698. The fourth-order valence-corrected chi connectivity index (χ4v) is 1.75. The van der Waals surface area contributed by atoms with Gasteiger partial charge in [0.1, 0.15) is 5.75 Å². The van der Waals surface area contributed by atoms with Crippen LogP contribution in [0.1, 0.15) is 32.3 Å². The van der Waals surface area contributed by atoms with E-state index in [0.717, 1.165) is 31.4 Å². The maximum absolute atomic E-state index is 5.77. The lowest BCUT2D eigenvalue weighted by Crippen LogP contribution is -2.18. The van der Waals surface area contributed by atoms with Gasteiger partial charge in [-0.1, -0.05) is 26.0 Å². The van der Waals surface area contributed by atoms with Crippen molar-refractivity contribution < 1.29 is 4.74 Å². The summed E-state index contributed by atoms with van der Waals surface area (Å²) in [4.78, 5) is 0. The molecule has 2 rings (SSSR count). The lowest BCUT2D eigenvalue weighted by molar-refractivity contribution is 0.299. The molecule has 2 heteroatoms. The first-order chi connectivity index (χ1) is 8.24. The maximum Gasteiger partial charge on any atom is 0.119 e. The molecule has 0 aromatic heterocycles.